The maximum absolute atomic E-state index is 12.8. The predicted molar refractivity (Wildman–Crippen MR) is 83.0 cm³/mol. The van der Waals surface area contributed by atoms with Crippen LogP contribution in [0.15, 0.2) is 18.2 Å². The fourth-order valence-corrected chi connectivity index (χ4v) is 3.14. The number of amides is 1. The van der Waals surface area contributed by atoms with Gasteiger partial charge >= 0.3 is 0 Å². The molecule has 1 fully saturated rings. The minimum Gasteiger partial charge on any atom is -0.336 e. The zero-order valence-corrected chi connectivity index (χ0v) is 12.3. The number of carbonyl (C=O) groups is 1. The molecule has 0 aromatic heterocycles. The van der Waals surface area contributed by atoms with Gasteiger partial charge in [0.05, 0.1) is 6.54 Å². The van der Waals surface area contributed by atoms with E-state index >= 15 is 0 Å². The second-order valence-corrected chi connectivity index (χ2v) is 5.64. The normalized spacial score (nSPS) is 18.9. The van der Waals surface area contributed by atoms with Gasteiger partial charge in [-0.2, -0.15) is 0 Å². The van der Waals surface area contributed by atoms with Crippen molar-refractivity contribution in [1.82, 2.24) is 15.1 Å². The van der Waals surface area contributed by atoms with Crippen LogP contribution in [0.5, 0.6) is 0 Å². The maximum atomic E-state index is 12.8. The van der Waals surface area contributed by atoms with Crippen molar-refractivity contribution in [2.75, 3.05) is 39.3 Å². The Kier molecular flexibility index (Phi) is 4.23. The summed E-state index contributed by atoms with van der Waals surface area (Å²) in [6.45, 7) is 5.76. The largest absolute Gasteiger partial charge is 0.336 e. The first kappa shape index (κ1) is 14.1. The van der Waals surface area contributed by atoms with E-state index in [1.807, 2.05) is 17.0 Å². The molecule has 0 spiro atoms. The first-order chi connectivity index (χ1) is 10.3. The summed E-state index contributed by atoms with van der Waals surface area (Å²) in [5, 5.41) is 3.36. The second-order valence-electron chi connectivity index (χ2n) is 5.64. The molecule has 1 saturated heterocycles. The van der Waals surface area contributed by atoms with E-state index in [1.165, 1.54) is 11.1 Å². The van der Waals surface area contributed by atoms with E-state index in [2.05, 4.69) is 22.2 Å². The third-order valence-corrected chi connectivity index (χ3v) is 4.35. The van der Waals surface area contributed by atoms with E-state index < -0.39 is 0 Å². The van der Waals surface area contributed by atoms with E-state index in [1.54, 1.807) is 0 Å². The Bertz CT molecular complexity index is 568. The zero-order valence-electron chi connectivity index (χ0n) is 12.3. The molecule has 1 amide bonds. The van der Waals surface area contributed by atoms with Gasteiger partial charge in [0.15, 0.2) is 0 Å². The number of hydrogen-bond acceptors (Lipinski definition) is 3. The van der Waals surface area contributed by atoms with Crippen molar-refractivity contribution in [2.24, 2.45) is 0 Å². The lowest BCUT2D eigenvalue weighted by molar-refractivity contribution is 0.0651. The van der Waals surface area contributed by atoms with Gasteiger partial charge in [-0.1, -0.05) is 18.1 Å². The summed E-state index contributed by atoms with van der Waals surface area (Å²) in [4.78, 5) is 17.0. The molecule has 4 heteroatoms. The summed E-state index contributed by atoms with van der Waals surface area (Å²) in [7, 11) is 0. The summed E-state index contributed by atoms with van der Waals surface area (Å²) in [6, 6.07) is 6.08. The molecule has 0 bridgehead atoms. The van der Waals surface area contributed by atoms with E-state index in [9.17, 15) is 4.79 Å². The molecule has 1 aromatic carbocycles. The molecule has 2 aliphatic rings. The summed E-state index contributed by atoms with van der Waals surface area (Å²) in [5.41, 5.74) is 3.38. The number of carbonyl (C=O) groups excluding carboxylic acids is 1. The summed E-state index contributed by atoms with van der Waals surface area (Å²) in [5.74, 6) is 2.84. The van der Waals surface area contributed by atoms with Gasteiger partial charge in [-0.15, -0.1) is 6.42 Å². The standard InChI is InChI=1S/C17H21N3O/c1-2-8-19-9-11-20(12-10-19)17(21)16-5-3-4-14-13-18-7-6-15(14)16/h1,3-5,18H,6-13H2. The molecule has 0 aliphatic carbocycles. The average molecular weight is 283 g/mol. The maximum Gasteiger partial charge on any atom is 0.254 e. The number of nitrogens with zero attached hydrogens (tertiary/aromatic N) is 2. The minimum atomic E-state index is 0.175. The van der Waals surface area contributed by atoms with Crippen LogP contribution < -0.4 is 5.32 Å². The van der Waals surface area contributed by atoms with Crippen LogP contribution in [0.2, 0.25) is 0 Å². The quantitative estimate of drug-likeness (QED) is 0.813. The third kappa shape index (κ3) is 2.94. The van der Waals surface area contributed by atoms with Crippen LogP contribution in [-0.2, 0) is 13.0 Å². The van der Waals surface area contributed by atoms with Gasteiger partial charge in [-0.3, -0.25) is 9.69 Å². The average Bonchev–Trinajstić information content (AvgIpc) is 2.55. The topological polar surface area (TPSA) is 35.6 Å². The number of nitrogens with one attached hydrogen (secondary N) is 1. The SMILES string of the molecule is C#CCN1CCN(C(=O)c2cccc3c2CCNC3)CC1. The van der Waals surface area contributed by atoms with E-state index in [-0.39, 0.29) is 5.91 Å². The van der Waals surface area contributed by atoms with Crippen molar-refractivity contribution in [2.45, 2.75) is 13.0 Å². The highest BCUT2D eigenvalue weighted by Crippen LogP contribution is 2.20. The first-order valence-electron chi connectivity index (χ1n) is 7.56. The number of terminal acetylenes is 1. The molecule has 0 radical (unpaired) electrons. The molecule has 110 valence electrons. The van der Waals surface area contributed by atoms with Crippen LogP contribution in [0, 0.1) is 12.3 Å². The molecule has 1 aromatic rings. The summed E-state index contributed by atoms with van der Waals surface area (Å²) in [6.07, 6.45) is 6.28. The Morgan fingerprint density at radius 3 is 2.86 bits per heavy atom. The zero-order chi connectivity index (χ0) is 14.7. The minimum absolute atomic E-state index is 0.175. The fraction of sp³-hybridized carbons (Fsp3) is 0.471. The van der Waals surface area contributed by atoms with Gasteiger partial charge in [0, 0.05) is 38.3 Å². The summed E-state index contributed by atoms with van der Waals surface area (Å²) >= 11 is 0. The molecular formula is C17H21N3O. The number of piperazine rings is 1. The molecule has 1 N–H and O–H groups in total. The Balaban J connectivity index is 1.73. The highest BCUT2D eigenvalue weighted by Gasteiger charge is 2.24. The molecule has 0 saturated carbocycles. The van der Waals surface area contributed by atoms with Crippen molar-refractivity contribution in [1.29, 1.82) is 0 Å². The lowest BCUT2D eigenvalue weighted by Gasteiger charge is -2.34. The lowest BCUT2D eigenvalue weighted by atomic mass is 9.94. The highest BCUT2D eigenvalue weighted by molar-refractivity contribution is 5.96. The van der Waals surface area contributed by atoms with Crippen molar-refractivity contribution < 1.29 is 4.79 Å². The van der Waals surface area contributed by atoms with Crippen LogP contribution in [0.25, 0.3) is 0 Å². The van der Waals surface area contributed by atoms with E-state index in [4.69, 9.17) is 6.42 Å². The lowest BCUT2D eigenvalue weighted by Crippen LogP contribution is -2.49. The first-order valence-corrected chi connectivity index (χ1v) is 7.56. The highest BCUT2D eigenvalue weighted by atomic mass is 16.2. The Morgan fingerprint density at radius 2 is 2.10 bits per heavy atom. The van der Waals surface area contributed by atoms with Crippen molar-refractivity contribution in [3.63, 3.8) is 0 Å². The second kappa shape index (κ2) is 6.30. The van der Waals surface area contributed by atoms with Gasteiger partial charge in [0.2, 0.25) is 0 Å². The Hall–Kier alpha value is -1.83. The van der Waals surface area contributed by atoms with Crippen LogP contribution in [0.4, 0.5) is 0 Å². The molecule has 0 atom stereocenters. The molecule has 21 heavy (non-hydrogen) atoms. The van der Waals surface area contributed by atoms with Crippen LogP contribution >= 0.6 is 0 Å². The predicted octanol–water partition coefficient (Wildman–Crippen LogP) is 0.723. The van der Waals surface area contributed by atoms with Crippen LogP contribution in [0.3, 0.4) is 0 Å². The number of fused-ring (bicyclic) bond motifs is 1. The van der Waals surface area contributed by atoms with Crippen LogP contribution in [-0.4, -0.2) is 55.0 Å². The van der Waals surface area contributed by atoms with E-state index in [0.29, 0.717) is 6.54 Å². The van der Waals surface area contributed by atoms with Crippen molar-refractivity contribution >= 4 is 5.91 Å². The van der Waals surface area contributed by atoms with Crippen molar-refractivity contribution in [3.8, 4) is 12.3 Å². The number of rotatable bonds is 2. The third-order valence-electron chi connectivity index (χ3n) is 4.35. The smallest absolute Gasteiger partial charge is 0.254 e. The van der Waals surface area contributed by atoms with Gasteiger partial charge in [0.1, 0.15) is 0 Å². The van der Waals surface area contributed by atoms with Gasteiger partial charge in [-0.25, -0.2) is 0 Å². The monoisotopic (exact) mass is 283 g/mol. The van der Waals surface area contributed by atoms with Gasteiger partial charge in [-0.05, 0) is 30.2 Å². The van der Waals surface area contributed by atoms with Gasteiger partial charge in [0.25, 0.3) is 5.91 Å². The van der Waals surface area contributed by atoms with Crippen molar-refractivity contribution in [3.05, 3.63) is 34.9 Å². The molecule has 2 heterocycles. The number of benzene rings is 1. The summed E-state index contributed by atoms with van der Waals surface area (Å²) < 4.78 is 0. The Morgan fingerprint density at radius 1 is 1.29 bits per heavy atom. The fourth-order valence-electron chi connectivity index (χ4n) is 3.14. The van der Waals surface area contributed by atoms with Crippen LogP contribution in [0.1, 0.15) is 21.5 Å². The number of hydrogen-bond donors (Lipinski definition) is 1. The molecule has 0 unspecified atom stereocenters. The Labute approximate surface area is 126 Å². The van der Waals surface area contributed by atoms with E-state index in [0.717, 1.165) is 51.3 Å². The molecule has 2 aliphatic heterocycles. The molecule has 3 rings (SSSR count). The van der Waals surface area contributed by atoms with Gasteiger partial charge < -0.3 is 10.2 Å². The molecule has 4 nitrogen and oxygen atoms in total. The molecular weight excluding hydrogens is 262 g/mol.